The lowest BCUT2D eigenvalue weighted by Crippen LogP contribution is -2.42. The van der Waals surface area contributed by atoms with E-state index in [1.54, 1.807) is 12.1 Å². The summed E-state index contributed by atoms with van der Waals surface area (Å²) in [7, 11) is 0. The van der Waals surface area contributed by atoms with E-state index < -0.39 is 23.3 Å². The van der Waals surface area contributed by atoms with Crippen LogP contribution in [0.25, 0.3) is 0 Å². The first-order chi connectivity index (χ1) is 16.0. The summed E-state index contributed by atoms with van der Waals surface area (Å²) < 4.78 is 54.8. The molecule has 0 aromatic heterocycles. The molecule has 0 saturated heterocycles. The van der Waals surface area contributed by atoms with E-state index in [1.165, 1.54) is 43.3 Å². The number of carboxylic acids is 1. The van der Waals surface area contributed by atoms with Gasteiger partial charge in [0.2, 0.25) is 5.60 Å². The molecule has 3 rings (SSSR count). The molecule has 1 N–H and O–H groups in total. The normalized spacial score (nSPS) is 13.2. The van der Waals surface area contributed by atoms with E-state index in [-0.39, 0.29) is 18.8 Å². The second-order valence-corrected chi connectivity index (χ2v) is 8.10. The molecular weight excluding hydrogens is 473 g/mol. The van der Waals surface area contributed by atoms with Crippen LogP contribution in [0.2, 0.25) is 5.02 Å². The number of carbonyl (C=O) groups is 1. The third-order valence-electron chi connectivity index (χ3n) is 4.94. The summed E-state index contributed by atoms with van der Waals surface area (Å²) in [6, 6.07) is 17.6. The van der Waals surface area contributed by atoms with Gasteiger partial charge in [-0.1, -0.05) is 23.7 Å². The largest absolute Gasteiger partial charge is 0.478 e. The molecule has 3 aromatic carbocycles. The van der Waals surface area contributed by atoms with E-state index in [2.05, 4.69) is 0 Å². The Morgan fingerprint density at radius 3 is 1.94 bits per heavy atom. The number of benzene rings is 3. The molecule has 0 aliphatic carbocycles. The van der Waals surface area contributed by atoms with Crippen LogP contribution >= 0.6 is 11.6 Å². The number of halogens is 4. The highest BCUT2D eigenvalue weighted by Crippen LogP contribution is 2.32. The highest BCUT2D eigenvalue weighted by molar-refractivity contribution is 6.30. The van der Waals surface area contributed by atoms with Gasteiger partial charge in [0.05, 0.1) is 18.8 Å². The fourth-order valence-electron chi connectivity index (χ4n) is 2.92. The van der Waals surface area contributed by atoms with E-state index >= 15 is 0 Å². The van der Waals surface area contributed by atoms with Crippen molar-refractivity contribution in [3.63, 3.8) is 0 Å². The highest BCUT2D eigenvalue weighted by atomic mass is 35.5. The Morgan fingerprint density at radius 2 is 1.41 bits per heavy atom. The Bertz CT molecular complexity index is 1080. The maximum atomic E-state index is 12.7. The molecule has 0 aliphatic heterocycles. The van der Waals surface area contributed by atoms with E-state index in [1.807, 2.05) is 12.1 Å². The van der Waals surface area contributed by atoms with Gasteiger partial charge < -0.3 is 19.3 Å². The molecule has 3 aromatic rings. The first-order valence-corrected chi connectivity index (χ1v) is 10.6. The van der Waals surface area contributed by atoms with Crippen LogP contribution in [0.3, 0.4) is 0 Å². The van der Waals surface area contributed by atoms with E-state index in [0.717, 1.165) is 17.7 Å². The minimum atomic E-state index is -4.42. The van der Waals surface area contributed by atoms with Gasteiger partial charge in [-0.2, -0.15) is 13.2 Å². The van der Waals surface area contributed by atoms with Crippen LogP contribution in [0, 0.1) is 0 Å². The Hall–Kier alpha value is -3.23. The molecule has 0 saturated carbocycles. The predicted octanol–water partition coefficient (Wildman–Crippen LogP) is 6.98. The van der Waals surface area contributed by atoms with Crippen molar-refractivity contribution < 1.29 is 37.3 Å². The lowest BCUT2D eigenvalue weighted by molar-refractivity contribution is -0.155. The van der Waals surface area contributed by atoms with Gasteiger partial charge >= 0.3 is 12.1 Å². The van der Waals surface area contributed by atoms with Crippen molar-refractivity contribution in [2.24, 2.45) is 0 Å². The summed E-state index contributed by atoms with van der Waals surface area (Å²) in [6.07, 6.45) is -4.32. The van der Waals surface area contributed by atoms with Gasteiger partial charge in [-0.15, -0.1) is 0 Å². The predicted molar refractivity (Wildman–Crippen MR) is 120 cm³/mol. The third-order valence-corrected chi connectivity index (χ3v) is 5.19. The second-order valence-electron chi connectivity index (χ2n) is 7.66. The average molecular weight is 495 g/mol. The number of aliphatic carboxylic acids is 1. The molecule has 0 heterocycles. The van der Waals surface area contributed by atoms with Crippen LogP contribution in [0.15, 0.2) is 72.8 Å². The standard InChI is InChI=1S/C25H22ClF3O5/c1-24(23(30)31,14-15-32-16-17-2-6-19(26)7-3-17)34-22-12-10-21(11-13-22)33-20-8-4-18(5-9-20)25(27,28)29/h2-13H,14-16H2,1H3,(H,30,31). The maximum absolute atomic E-state index is 12.7. The van der Waals surface area contributed by atoms with E-state index in [0.29, 0.717) is 23.1 Å². The Kier molecular flexibility index (Phi) is 8.06. The summed E-state index contributed by atoms with van der Waals surface area (Å²) in [5, 5.41) is 10.3. The Morgan fingerprint density at radius 1 is 0.882 bits per heavy atom. The summed E-state index contributed by atoms with van der Waals surface area (Å²) in [5.41, 5.74) is -1.39. The lowest BCUT2D eigenvalue weighted by atomic mass is 10.0. The van der Waals surface area contributed by atoms with Gasteiger partial charge in [0.25, 0.3) is 0 Å². The van der Waals surface area contributed by atoms with Crippen LogP contribution < -0.4 is 9.47 Å². The zero-order valence-electron chi connectivity index (χ0n) is 18.1. The fourth-order valence-corrected chi connectivity index (χ4v) is 3.05. The number of hydrogen-bond acceptors (Lipinski definition) is 4. The molecule has 0 aliphatic rings. The first kappa shape index (κ1) is 25.4. The molecule has 5 nitrogen and oxygen atoms in total. The number of hydrogen-bond donors (Lipinski definition) is 1. The van der Waals surface area contributed by atoms with Crippen LogP contribution in [-0.2, 0) is 22.3 Å². The molecular formula is C25H22ClF3O5. The SMILES string of the molecule is CC(CCOCc1ccc(Cl)cc1)(Oc1ccc(Oc2ccc(C(F)(F)F)cc2)cc1)C(=O)O. The molecule has 0 spiro atoms. The smallest absolute Gasteiger partial charge is 0.416 e. The number of alkyl halides is 3. The van der Waals surface area contributed by atoms with Crippen molar-refractivity contribution >= 4 is 17.6 Å². The van der Waals surface area contributed by atoms with Gasteiger partial charge in [0.15, 0.2) is 0 Å². The molecule has 0 fully saturated rings. The number of ether oxygens (including phenoxy) is 3. The summed E-state index contributed by atoms with van der Waals surface area (Å²) in [6.45, 7) is 1.91. The third kappa shape index (κ3) is 7.13. The van der Waals surface area contributed by atoms with Gasteiger partial charge in [0.1, 0.15) is 17.2 Å². The second kappa shape index (κ2) is 10.8. The Labute approximate surface area is 199 Å². The molecule has 0 radical (unpaired) electrons. The van der Waals surface area contributed by atoms with Crippen LogP contribution in [0.5, 0.6) is 17.2 Å². The molecule has 9 heteroatoms. The van der Waals surface area contributed by atoms with Crippen molar-refractivity contribution in [3.8, 4) is 17.2 Å². The molecule has 1 atom stereocenters. The molecule has 34 heavy (non-hydrogen) atoms. The van der Waals surface area contributed by atoms with Crippen molar-refractivity contribution in [2.75, 3.05) is 6.61 Å². The Balaban J connectivity index is 1.55. The summed E-state index contributed by atoms with van der Waals surface area (Å²) >= 11 is 5.85. The highest BCUT2D eigenvalue weighted by Gasteiger charge is 2.35. The topological polar surface area (TPSA) is 65.0 Å². The molecule has 0 amide bonds. The van der Waals surface area contributed by atoms with Crippen molar-refractivity contribution in [1.82, 2.24) is 0 Å². The molecule has 0 bridgehead atoms. The minimum Gasteiger partial charge on any atom is -0.478 e. The van der Waals surface area contributed by atoms with Crippen LogP contribution in [0.1, 0.15) is 24.5 Å². The lowest BCUT2D eigenvalue weighted by Gasteiger charge is -2.26. The van der Waals surface area contributed by atoms with E-state index in [4.69, 9.17) is 25.8 Å². The average Bonchev–Trinajstić information content (AvgIpc) is 2.79. The van der Waals surface area contributed by atoms with Crippen molar-refractivity contribution in [3.05, 3.63) is 88.9 Å². The minimum absolute atomic E-state index is 0.0970. The van der Waals surface area contributed by atoms with Crippen molar-refractivity contribution in [1.29, 1.82) is 0 Å². The monoisotopic (exact) mass is 494 g/mol. The summed E-state index contributed by atoms with van der Waals surface area (Å²) in [5.74, 6) is -0.264. The van der Waals surface area contributed by atoms with Gasteiger partial charge in [-0.05, 0) is 73.2 Å². The molecule has 1 unspecified atom stereocenters. The van der Waals surface area contributed by atoms with Gasteiger partial charge in [-0.25, -0.2) is 4.79 Å². The summed E-state index contributed by atoms with van der Waals surface area (Å²) in [4.78, 5) is 11.8. The van der Waals surface area contributed by atoms with Crippen LogP contribution in [0.4, 0.5) is 13.2 Å². The zero-order chi connectivity index (χ0) is 24.8. The molecule has 180 valence electrons. The number of rotatable bonds is 10. The van der Waals surface area contributed by atoms with Gasteiger partial charge in [-0.3, -0.25) is 0 Å². The van der Waals surface area contributed by atoms with Crippen LogP contribution in [-0.4, -0.2) is 23.3 Å². The quantitative estimate of drug-likeness (QED) is 0.308. The van der Waals surface area contributed by atoms with E-state index in [9.17, 15) is 23.1 Å². The fraction of sp³-hybridized carbons (Fsp3) is 0.240. The van der Waals surface area contributed by atoms with Crippen molar-refractivity contribution in [2.45, 2.75) is 31.7 Å². The number of carboxylic acid groups (broad SMARTS) is 1. The van der Waals surface area contributed by atoms with Gasteiger partial charge in [0, 0.05) is 11.4 Å². The maximum Gasteiger partial charge on any atom is 0.416 e. The zero-order valence-corrected chi connectivity index (χ0v) is 18.9. The first-order valence-electron chi connectivity index (χ1n) is 10.2.